The highest BCUT2D eigenvalue weighted by Gasteiger charge is 2.14. The molecule has 2 aromatic carbocycles. The molecular weight excluding hydrogens is 332 g/mol. The van der Waals surface area contributed by atoms with Gasteiger partial charge in [-0.25, -0.2) is 0 Å². The fraction of sp³-hybridized carbons (Fsp3) is 0.188. The van der Waals surface area contributed by atoms with E-state index in [2.05, 4.69) is 21.2 Å². The summed E-state index contributed by atoms with van der Waals surface area (Å²) in [5, 5.41) is 12.0. The van der Waals surface area contributed by atoms with E-state index in [4.69, 9.17) is 5.73 Å². The van der Waals surface area contributed by atoms with Crippen molar-refractivity contribution in [3.8, 4) is 5.75 Å². The van der Waals surface area contributed by atoms with E-state index in [1.807, 2.05) is 24.3 Å². The molecule has 0 heterocycles. The van der Waals surface area contributed by atoms with Crippen LogP contribution < -0.4 is 11.1 Å². The zero-order chi connectivity index (χ0) is 15.2. The largest absolute Gasteiger partial charge is 0.508 e. The molecule has 0 fully saturated rings. The van der Waals surface area contributed by atoms with Gasteiger partial charge in [0.1, 0.15) is 5.75 Å². The number of benzene rings is 2. The van der Waals surface area contributed by atoms with Crippen molar-refractivity contribution in [2.24, 2.45) is 5.73 Å². The average Bonchev–Trinajstić information content (AvgIpc) is 2.48. The molecule has 2 rings (SSSR count). The van der Waals surface area contributed by atoms with E-state index < -0.39 is 6.04 Å². The third-order valence-corrected chi connectivity index (χ3v) is 3.91. The Morgan fingerprint density at radius 1 is 1.19 bits per heavy atom. The van der Waals surface area contributed by atoms with Crippen molar-refractivity contribution >= 4 is 21.8 Å². The minimum Gasteiger partial charge on any atom is -0.508 e. The second kappa shape index (κ2) is 7.24. The number of aromatic hydroxyl groups is 1. The molecule has 0 aliphatic rings. The van der Waals surface area contributed by atoms with Gasteiger partial charge < -0.3 is 16.2 Å². The number of phenolic OH excluding ortho intramolecular Hbond substituents is 1. The lowest BCUT2D eigenvalue weighted by Crippen LogP contribution is -2.41. The number of carbonyl (C=O) groups excluding carboxylic acids is 1. The minimum atomic E-state index is -0.614. The fourth-order valence-corrected chi connectivity index (χ4v) is 2.36. The number of carbonyl (C=O) groups is 1. The maximum Gasteiger partial charge on any atom is 0.237 e. The highest BCUT2D eigenvalue weighted by atomic mass is 79.9. The minimum absolute atomic E-state index is 0.196. The Kier molecular flexibility index (Phi) is 5.36. The molecule has 21 heavy (non-hydrogen) atoms. The normalized spacial score (nSPS) is 11.9. The summed E-state index contributed by atoms with van der Waals surface area (Å²) in [6.07, 6.45) is 0.433. The lowest BCUT2D eigenvalue weighted by atomic mass is 10.1. The first-order valence-corrected chi connectivity index (χ1v) is 7.40. The molecule has 1 amide bonds. The molecule has 0 unspecified atom stereocenters. The summed E-state index contributed by atoms with van der Waals surface area (Å²) < 4.78 is 0.956. The first kappa shape index (κ1) is 15.5. The van der Waals surface area contributed by atoms with Crippen molar-refractivity contribution in [1.29, 1.82) is 0 Å². The van der Waals surface area contributed by atoms with Gasteiger partial charge in [-0.3, -0.25) is 4.79 Å². The van der Waals surface area contributed by atoms with Crippen molar-refractivity contribution in [2.45, 2.75) is 19.0 Å². The Morgan fingerprint density at radius 3 is 2.52 bits per heavy atom. The Hall–Kier alpha value is -1.85. The molecule has 0 bridgehead atoms. The zero-order valence-electron chi connectivity index (χ0n) is 11.4. The third-order valence-electron chi connectivity index (χ3n) is 3.14. The molecule has 0 aliphatic heterocycles. The van der Waals surface area contributed by atoms with E-state index >= 15 is 0 Å². The summed E-state index contributed by atoms with van der Waals surface area (Å²) in [6.45, 7) is 0.434. The molecule has 0 saturated heterocycles. The van der Waals surface area contributed by atoms with Crippen LogP contribution in [0.2, 0.25) is 0 Å². The van der Waals surface area contributed by atoms with E-state index in [1.54, 1.807) is 24.3 Å². The number of phenols is 1. The number of nitrogens with two attached hydrogens (primary N) is 1. The Balaban J connectivity index is 1.88. The summed E-state index contributed by atoms with van der Waals surface area (Å²) in [7, 11) is 0. The molecule has 1 atom stereocenters. The topological polar surface area (TPSA) is 75.3 Å². The van der Waals surface area contributed by atoms with Crippen molar-refractivity contribution in [2.75, 3.05) is 0 Å². The van der Waals surface area contributed by atoms with Gasteiger partial charge in [0.05, 0.1) is 6.04 Å². The van der Waals surface area contributed by atoms with Crippen LogP contribution in [0, 0.1) is 0 Å². The van der Waals surface area contributed by atoms with Crippen LogP contribution in [-0.4, -0.2) is 17.1 Å². The first-order chi connectivity index (χ1) is 10.1. The summed E-state index contributed by atoms with van der Waals surface area (Å²) in [5.41, 5.74) is 7.82. The smallest absolute Gasteiger partial charge is 0.237 e. The molecule has 4 N–H and O–H groups in total. The number of nitrogens with one attached hydrogen (secondary N) is 1. The molecule has 0 spiro atoms. The van der Waals surface area contributed by atoms with Gasteiger partial charge in [0.15, 0.2) is 0 Å². The summed E-state index contributed by atoms with van der Waals surface area (Å²) in [5.74, 6) is 0.00419. The molecule has 110 valence electrons. The quantitative estimate of drug-likeness (QED) is 0.776. The SMILES string of the molecule is N[C@@H](Cc1ccc(O)cc1)C(=O)NCc1ccccc1Br. The van der Waals surface area contributed by atoms with Gasteiger partial charge in [0.25, 0.3) is 0 Å². The van der Waals surface area contributed by atoms with Crippen molar-refractivity contribution < 1.29 is 9.90 Å². The van der Waals surface area contributed by atoms with Crippen LogP contribution in [0.15, 0.2) is 53.0 Å². The Labute approximate surface area is 132 Å². The fourth-order valence-electron chi connectivity index (χ4n) is 1.93. The van der Waals surface area contributed by atoms with Gasteiger partial charge in [-0.1, -0.05) is 46.3 Å². The average molecular weight is 349 g/mol. The van der Waals surface area contributed by atoms with Crippen LogP contribution in [0.1, 0.15) is 11.1 Å². The predicted molar refractivity (Wildman–Crippen MR) is 85.8 cm³/mol. The number of halogens is 1. The van der Waals surface area contributed by atoms with Crippen LogP contribution in [0.25, 0.3) is 0 Å². The molecule has 2 aromatic rings. The van der Waals surface area contributed by atoms with E-state index in [9.17, 15) is 9.90 Å². The highest BCUT2D eigenvalue weighted by Crippen LogP contribution is 2.15. The van der Waals surface area contributed by atoms with Gasteiger partial charge in [-0.2, -0.15) is 0 Å². The first-order valence-electron chi connectivity index (χ1n) is 6.61. The van der Waals surface area contributed by atoms with Gasteiger partial charge in [0.2, 0.25) is 5.91 Å². The van der Waals surface area contributed by atoms with Crippen molar-refractivity contribution in [1.82, 2.24) is 5.32 Å². The molecular formula is C16H17BrN2O2. The lowest BCUT2D eigenvalue weighted by molar-refractivity contribution is -0.122. The number of amides is 1. The van der Waals surface area contributed by atoms with Crippen LogP contribution in [0.4, 0.5) is 0 Å². The second-order valence-electron chi connectivity index (χ2n) is 4.79. The van der Waals surface area contributed by atoms with Crippen LogP contribution in [0.5, 0.6) is 5.75 Å². The van der Waals surface area contributed by atoms with Gasteiger partial charge >= 0.3 is 0 Å². The van der Waals surface area contributed by atoms with Crippen molar-refractivity contribution in [3.63, 3.8) is 0 Å². The number of rotatable bonds is 5. The standard InChI is InChI=1S/C16H17BrN2O2/c17-14-4-2-1-3-12(14)10-19-16(21)15(18)9-11-5-7-13(20)8-6-11/h1-8,15,20H,9-10,18H2,(H,19,21)/t15-/m0/s1. The summed E-state index contributed by atoms with van der Waals surface area (Å²) >= 11 is 3.44. The van der Waals surface area contributed by atoms with Gasteiger partial charge in [-0.05, 0) is 35.7 Å². The van der Waals surface area contributed by atoms with E-state index in [0.29, 0.717) is 13.0 Å². The predicted octanol–water partition coefficient (Wildman–Crippen LogP) is 2.34. The molecule has 5 heteroatoms. The third kappa shape index (κ3) is 4.58. The molecule has 0 saturated carbocycles. The number of hydrogen-bond donors (Lipinski definition) is 3. The summed E-state index contributed by atoms with van der Waals surface area (Å²) in [4.78, 5) is 12.0. The lowest BCUT2D eigenvalue weighted by Gasteiger charge is -2.13. The zero-order valence-corrected chi connectivity index (χ0v) is 13.0. The summed E-state index contributed by atoms with van der Waals surface area (Å²) in [6, 6.07) is 13.8. The van der Waals surface area contributed by atoms with Gasteiger partial charge in [-0.15, -0.1) is 0 Å². The Bertz CT molecular complexity index is 614. The second-order valence-corrected chi connectivity index (χ2v) is 5.64. The molecule has 4 nitrogen and oxygen atoms in total. The highest BCUT2D eigenvalue weighted by molar-refractivity contribution is 9.10. The van der Waals surface area contributed by atoms with Crippen molar-refractivity contribution in [3.05, 3.63) is 64.1 Å². The number of hydrogen-bond acceptors (Lipinski definition) is 3. The van der Waals surface area contributed by atoms with E-state index in [0.717, 1.165) is 15.6 Å². The molecule has 0 radical (unpaired) electrons. The van der Waals surface area contributed by atoms with Crippen LogP contribution in [-0.2, 0) is 17.8 Å². The Morgan fingerprint density at radius 2 is 1.86 bits per heavy atom. The maximum atomic E-state index is 12.0. The monoisotopic (exact) mass is 348 g/mol. The van der Waals surface area contributed by atoms with Crippen LogP contribution in [0.3, 0.4) is 0 Å². The van der Waals surface area contributed by atoms with Crippen LogP contribution >= 0.6 is 15.9 Å². The maximum absolute atomic E-state index is 12.0. The van der Waals surface area contributed by atoms with E-state index in [1.165, 1.54) is 0 Å². The molecule has 0 aliphatic carbocycles. The molecule has 0 aromatic heterocycles. The van der Waals surface area contributed by atoms with E-state index in [-0.39, 0.29) is 11.7 Å². The van der Waals surface area contributed by atoms with Gasteiger partial charge in [0, 0.05) is 11.0 Å².